The van der Waals surface area contributed by atoms with Crippen LogP contribution in [-0.2, 0) is 10.9 Å². The van der Waals surface area contributed by atoms with Crippen molar-refractivity contribution in [1.82, 2.24) is 9.88 Å². The molecular formula is C18H22F3N3O. The summed E-state index contributed by atoms with van der Waals surface area (Å²) in [6, 6.07) is 5.92. The molecule has 0 saturated carbocycles. The van der Waals surface area contributed by atoms with Crippen molar-refractivity contribution in [3.63, 3.8) is 0 Å². The van der Waals surface area contributed by atoms with Gasteiger partial charge in [-0.1, -0.05) is 12.1 Å². The van der Waals surface area contributed by atoms with Gasteiger partial charge in [0.15, 0.2) is 0 Å². The first-order valence-corrected chi connectivity index (χ1v) is 8.39. The van der Waals surface area contributed by atoms with E-state index >= 15 is 0 Å². The predicted octanol–water partition coefficient (Wildman–Crippen LogP) is 3.63. The molecule has 0 spiro atoms. The largest absolute Gasteiger partial charge is 0.418 e. The number of rotatable bonds is 6. The topological polar surface area (TPSA) is 37.4 Å². The fourth-order valence-electron chi connectivity index (χ4n) is 3.32. The smallest absolute Gasteiger partial charge is 0.384 e. The molecule has 0 amide bonds. The van der Waals surface area contributed by atoms with E-state index in [-0.39, 0.29) is 5.52 Å². The lowest BCUT2D eigenvalue weighted by Crippen LogP contribution is -2.26. The average Bonchev–Trinajstić information content (AvgIpc) is 3.04. The number of fused-ring (bicyclic) bond motifs is 1. The third kappa shape index (κ3) is 4.22. The molecular weight excluding hydrogens is 331 g/mol. The van der Waals surface area contributed by atoms with Gasteiger partial charge in [-0.25, -0.2) is 0 Å². The van der Waals surface area contributed by atoms with Gasteiger partial charge in [-0.15, -0.1) is 0 Å². The van der Waals surface area contributed by atoms with Gasteiger partial charge < -0.3 is 15.0 Å². The normalized spacial score (nSPS) is 18.8. The number of nitrogens with zero attached hydrogens (tertiary/aromatic N) is 2. The molecule has 0 bridgehead atoms. The zero-order chi connectivity index (χ0) is 17.9. The molecule has 1 N–H and O–H groups in total. The van der Waals surface area contributed by atoms with E-state index in [4.69, 9.17) is 4.74 Å². The first-order chi connectivity index (χ1) is 12.0. The summed E-state index contributed by atoms with van der Waals surface area (Å²) < 4.78 is 44.5. The van der Waals surface area contributed by atoms with Crippen LogP contribution in [0, 0.1) is 5.92 Å². The highest BCUT2D eigenvalue weighted by molar-refractivity contribution is 5.93. The molecule has 1 aromatic heterocycles. The Morgan fingerprint density at radius 3 is 2.92 bits per heavy atom. The van der Waals surface area contributed by atoms with E-state index in [1.807, 2.05) is 0 Å². The van der Waals surface area contributed by atoms with Crippen LogP contribution in [0.5, 0.6) is 0 Å². The monoisotopic (exact) mass is 353 g/mol. The summed E-state index contributed by atoms with van der Waals surface area (Å²) in [5, 5.41) is 3.83. The van der Waals surface area contributed by atoms with Gasteiger partial charge in [0.25, 0.3) is 0 Å². The second-order valence-corrected chi connectivity index (χ2v) is 6.39. The van der Waals surface area contributed by atoms with Crippen LogP contribution in [0.15, 0.2) is 30.5 Å². The highest BCUT2D eigenvalue weighted by Gasteiger charge is 2.33. The van der Waals surface area contributed by atoms with Crippen molar-refractivity contribution in [1.29, 1.82) is 0 Å². The van der Waals surface area contributed by atoms with Crippen LogP contribution >= 0.6 is 0 Å². The number of pyridine rings is 1. The average molecular weight is 353 g/mol. The molecule has 3 rings (SSSR count). The Labute approximate surface area is 145 Å². The first-order valence-electron chi connectivity index (χ1n) is 8.39. The number of aromatic nitrogens is 1. The van der Waals surface area contributed by atoms with E-state index in [0.29, 0.717) is 17.0 Å². The fraction of sp³-hybridized carbons (Fsp3) is 0.500. The van der Waals surface area contributed by atoms with Crippen molar-refractivity contribution in [3.8, 4) is 0 Å². The van der Waals surface area contributed by atoms with Gasteiger partial charge in [-0.05, 0) is 31.0 Å². The number of benzene rings is 1. The van der Waals surface area contributed by atoms with Crippen LogP contribution < -0.4 is 5.32 Å². The van der Waals surface area contributed by atoms with Crippen molar-refractivity contribution < 1.29 is 17.9 Å². The zero-order valence-electron chi connectivity index (χ0n) is 14.1. The molecule has 0 aliphatic carbocycles. The first kappa shape index (κ1) is 17.9. The van der Waals surface area contributed by atoms with E-state index in [0.717, 1.165) is 45.3 Å². The minimum Gasteiger partial charge on any atom is -0.384 e. The molecule has 1 fully saturated rings. The van der Waals surface area contributed by atoms with Gasteiger partial charge in [0.2, 0.25) is 0 Å². The fourth-order valence-corrected chi connectivity index (χ4v) is 3.32. The molecule has 1 unspecified atom stereocenters. The Kier molecular flexibility index (Phi) is 5.44. The highest BCUT2D eigenvalue weighted by Crippen LogP contribution is 2.35. The Balaban J connectivity index is 1.71. The van der Waals surface area contributed by atoms with E-state index in [1.54, 1.807) is 19.2 Å². The predicted molar refractivity (Wildman–Crippen MR) is 91.7 cm³/mol. The number of likely N-dealkylation sites (tertiary alicyclic amines) is 1. The number of halogens is 3. The maximum Gasteiger partial charge on any atom is 0.418 e. The Hall–Kier alpha value is -1.86. The van der Waals surface area contributed by atoms with Crippen LogP contribution in [0.1, 0.15) is 12.0 Å². The van der Waals surface area contributed by atoms with E-state index in [2.05, 4.69) is 15.2 Å². The Morgan fingerprint density at radius 1 is 1.32 bits per heavy atom. The van der Waals surface area contributed by atoms with Gasteiger partial charge in [0.05, 0.1) is 17.7 Å². The molecule has 136 valence electrons. The van der Waals surface area contributed by atoms with Gasteiger partial charge in [-0.2, -0.15) is 13.2 Å². The minimum absolute atomic E-state index is 0.00635. The molecule has 1 saturated heterocycles. The summed E-state index contributed by atoms with van der Waals surface area (Å²) in [4.78, 5) is 6.30. The lowest BCUT2D eigenvalue weighted by atomic mass is 10.1. The molecule has 2 aromatic rings. The van der Waals surface area contributed by atoms with E-state index in [9.17, 15) is 13.2 Å². The summed E-state index contributed by atoms with van der Waals surface area (Å²) in [5.74, 6) is 0.478. The molecule has 25 heavy (non-hydrogen) atoms. The summed E-state index contributed by atoms with van der Waals surface area (Å²) >= 11 is 0. The number of methoxy groups -OCH3 is 1. The quantitative estimate of drug-likeness (QED) is 0.861. The third-order valence-corrected chi connectivity index (χ3v) is 4.64. The maximum absolute atomic E-state index is 13.1. The van der Waals surface area contributed by atoms with Crippen molar-refractivity contribution >= 4 is 16.6 Å². The van der Waals surface area contributed by atoms with Crippen LogP contribution in [0.4, 0.5) is 18.9 Å². The number of ether oxygens (including phenoxy) is 1. The molecule has 1 atom stereocenters. The van der Waals surface area contributed by atoms with E-state index < -0.39 is 11.7 Å². The van der Waals surface area contributed by atoms with Crippen molar-refractivity contribution in [2.45, 2.75) is 12.6 Å². The molecule has 2 heterocycles. The van der Waals surface area contributed by atoms with Crippen LogP contribution in [0.3, 0.4) is 0 Å². The Morgan fingerprint density at radius 2 is 2.16 bits per heavy atom. The van der Waals surface area contributed by atoms with Crippen molar-refractivity contribution in [3.05, 3.63) is 36.0 Å². The van der Waals surface area contributed by atoms with Crippen LogP contribution in [0.25, 0.3) is 10.9 Å². The number of anilines is 1. The van der Waals surface area contributed by atoms with Crippen LogP contribution in [-0.4, -0.2) is 49.8 Å². The standard InChI is InChI=1S/C18H22F3N3O/c1-25-10-9-24-8-6-13(12-24)11-23-16-5-7-22-17-14(16)3-2-4-15(17)18(19,20)21/h2-5,7,13H,6,8-12H2,1H3,(H,22,23). The molecule has 1 aromatic carbocycles. The molecule has 4 nitrogen and oxygen atoms in total. The van der Waals surface area contributed by atoms with Gasteiger partial charge in [0, 0.05) is 44.0 Å². The number of nitrogens with one attached hydrogen (secondary N) is 1. The van der Waals surface area contributed by atoms with Gasteiger partial charge in [0.1, 0.15) is 0 Å². The van der Waals surface area contributed by atoms with E-state index in [1.165, 1.54) is 12.3 Å². The number of para-hydroxylation sites is 1. The van der Waals surface area contributed by atoms with Crippen molar-refractivity contribution in [2.75, 3.05) is 45.2 Å². The summed E-state index contributed by atoms with van der Waals surface area (Å²) in [6.45, 7) is 4.38. The number of alkyl halides is 3. The molecule has 0 radical (unpaired) electrons. The lowest BCUT2D eigenvalue weighted by molar-refractivity contribution is -0.136. The lowest BCUT2D eigenvalue weighted by Gasteiger charge is -2.17. The maximum atomic E-state index is 13.1. The summed E-state index contributed by atoms with van der Waals surface area (Å²) in [6.07, 6.45) is -1.90. The zero-order valence-corrected chi connectivity index (χ0v) is 14.1. The number of hydrogen-bond acceptors (Lipinski definition) is 4. The Bertz CT molecular complexity index is 720. The molecule has 7 heteroatoms. The van der Waals surface area contributed by atoms with Crippen molar-refractivity contribution in [2.24, 2.45) is 5.92 Å². The van der Waals surface area contributed by atoms with Gasteiger partial charge >= 0.3 is 6.18 Å². The molecule has 1 aliphatic heterocycles. The SMILES string of the molecule is COCCN1CCC(CNc2ccnc3c(C(F)(F)F)cccc23)C1. The third-order valence-electron chi connectivity index (χ3n) is 4.64. The molecule has 1 aliphatic rings. The number of hydrogen-bond donors (Lipinski definition) is 1. The van der Waals surface area contributed by atoms with Crippen LogP contribution in [0.2, 0.25) is 0 Å². The summed E-state index contributed by atoms with van der Waals surface area (Å²) in [5.41, 5.74) is -0.000147. The second-order valence-electron chi connectivity index (χ2n) is 6.39. The minimum atomic E-state index is -4.40. The second kappa shape index (κ2) is 7.58. The summed E-state index contributed by atoms with van der Waals surface area (Å²) in [7, 11) is 1.69. The van der Waals surface area contributed by atoms with Gasteiger partial charge in [-0.3, -0.25) is 4.98 Å². The highest BCUT2D eigenvalue weighted by atomic mass is 19.4.